The van der Waals surface area contributed by atoms with Crippen molar-refractivity contribution in [2.45, 2.75) is 46.2 Å². The van der Waals surface area contributed by atoms with Crippen molar-refractivity contribution in [3.8, 4) is 0 Å². The number of guanidine groups is 1. The second-order valence-electron chi connectivity index (χ2n) is 6.33. The van der Waals surface area contributed by atoms with Gasteiger partial charge in [-0.1, -0.05) is 13.8 Å². The van der Waals surface area contributed by atoms with Gasteiger partial charge in [-0.15, -0.1) is 45.5 Å². The average molecular weight is 507 g/mol. The molecule has 10 heteroatoms. The summed E-state index contributed by atoms with van der Waals surface area (Å²) in [4.78, 5) is 9.28. The van der Waals surface area contributed by atoms with Crippen LogP contribution in [0.1, 0.15) is 48.5 Å². The van der Waals surface area contributed by atoms with Crippen molar-refractivity contribution < 1.29 is 4.74 Å². The zero-order valence-electron chi connectivity index (χ0n) is 16.7. The van der Waals surface area contributed by atoms with E-state index in [0.717, 1.165) is 41.3 Å². The van der Waals surface area contributed by atoms with Crippen molar-refractivity contribution in [1.29, 1.82) is 0 Å². The summed E-state index contributed by atoms with van der Waals surface area (Å²) < 4.78 is 7.04. The molecule has 0 aliphatic heterocycles. The van der Waals surface area contributed by atoms with E-state index in [-0.39, 0.29) is 24.0 Å². The molecule has 2 N–H and O–H groups in total. The Morgan fingerprint density at radius 2 is 2.11 bits per heavy atom. The van der Waals surface area contributed by atoms with E-state index < -0.39 is 0 Å². The minimum atomic E-state index is 0. The maximum atomic E-state index is 5.10. The van der Waals surface area contributed by atoms with Gasteiger partial charge in [0.15, 0.2) is 11.8 Å². The van der Waals surface area contributed by atoms with Crippen LogP contribution in [0.15, 0.2) is 10.4 Å². The number of halogens is 1. The highest BCUT2D eigenvalue weighted by molar-refractivity contribution is 14.0. The third kappa shape index (κ3) is 7.70. The zero-order chi connectivity index (χ0) is 18.9. The Hall–Kier alpha value is -1.27. The fourth-order valence-electron chi connectivity index (χ4n) is 2.17. The maximum absolute atomic E-state index is 5.10. The van der Waals surface area contributed by atoms with E-state index in [1.54, 1.807) is 18.4 Å². The van der Waals surface area contributed by atoms with Crippen LogP contribution in [0.25, 0.3) is 0 Å². The first-order chi connectivity index (χ1) is 12.5. The number of aromatic nitrogens is 4. The normalized spacial score (nSPS) is 11.6. The molecule has 8 nitrogen and oxygen atoms in total. The molecule has 0 saturated carbocycles. The summed E-state index contributed by atoms with van der Waals surface area (Å²) in [5.41, 5.74) is 1.13. The molecule has 2 aromatic heterocycles. The van der Waals surface area contributed by atoms with Crippen LogP contribution in [0.2, 0.25) is 0 Å². The highest BCUT2D eigenvalue weighted by Gasteiger charge is 2.08. The highest BCUT2D eigenvalue weighted by Crippen LogP contribution is 2.17. The van der Waals surface area contributed by atoms with Crippen molar-refractivity contribution in [1.82, 2.24) is 30.4 Å². The van der Waals surface area contributed by atoms with Gasteiger partial charge in [-0.2, -0.15) is 0 Å². The first kappa shape index (κ1) is 23.8. The van der Waals surface area contributed by atoms with Crippen molar-refractivity contribution in [3.05, 3.63) is 27.7 Å². The first-order valence-corrected chi connectivity index (χ1v) is 9.69. The van der Waals surface area contributed by atoms with E-state index in [4.69, 9.17) is 4.74 Å². The predicted octanol–water partition coefficient (Wildman–Crippen LogP) is 2.59. The van der Waals surface area contributed by atoms with Crippen LogP contribution in [-0.2, 0) is 24.9 Å². The molecule has 0 aliphatic rings. The molecule has 0 radical (unpaired) electrons. The fourth-order valence-corrected chi connectivity index (χ4v) is 3.06. The molecule has 2 heterocycles. The van der Waals surface area contributed by atoms with Gasteiger partial charge in [-0.25, -0.2) is 9.98 Å². The van der Waals surface area contributed by atoms with Crippen LogP contribution in [0, 0.1) is 6.92 Å². The Kier molecular flexibility index (Phi) is 10.8. The van der Waals surface area contributed by atoms with E-state index in [2.05, 4.69) is 50.0 Å². The molecule has 0 saturated heterocycles. The number of thiazole rings is 1. The number of hydrogen-bond acceptors (Lipinski definition) is 6. The molecule has 152 valence electrons. The van der Waals surface area contributed by atoms with Gasteiger partial charge in [0.25, 0.3) is 0 Å². The summed E-state index contributed by atoms with van der Waals surface area (Å²) in [5, 5.41) is 18.1. The average Bonchev–Trinajstić information content (AvgIpc) is 3.22. The van der Waals surface area contributed by atoms with Crippen LogP contribution < -0.4 is 10.6 Å². The third-order valence-electron chi connectivity index (χ3n) is 3.95. The summed E-state index contributed by atoms with van der Waals surface area (Å²) in [5.74, 6) is 2.89. The van der Waals surface area contributed by atoms with E-state index in [1.807, 2.05) is 18.5 Å². The van der Waals surface area contributed by atoms with Gasteiger partial charge < -0.3 is 19.9 Å². The first-order valence-electron chi connectivity index (χ1n) is 8.81. The van der Waals surface area contributed by atoms with Crippen LogP contribution in [-0.4, -0.2) is 46.0 Å². The zero-order valence-corrected chi connectivity index (χ0v) is 19.8. The molecule has 2 aromatic rings. The lowest BCUT2D eigenvalue weighted by Gasteiger charge is -2.11. The number of nitrogens with zero attached hydrogens (tertiary/aromatic N) is 5. The number of methoxy groups -OCH3 is 1. The SMILES string of the molecule is COCCCNC(=NCc1nnc(C)n1C)NCc1nc(C(C)C)cs1.I. The van der Waals surface area contributed by atoms with E-state index in [0.29, 0.717) is 25.6 Å². The van der Waals surface area contributed by atoms with Gasteiger partial charge in [0.1, 0.15) is 17.4 Å². The summed E-state index contributed by atoms with van der Waals surface area (Å²) in [6.45, 7) is 8.84. The molecule has 0 spiro atoms. The number of rotatable bonds is 9. The lowest BCUT2D eigenvalue weighted by atomic mass is 10.2. The molecule has 0 aliphatic carbocycles. The largest absolute Gasteiger partial charge is 0.385 e. The molecule has 0 unspecified atom stereocenters. The van der Waals surface area contributed by atoms with Gasteiger partial charge >= 0.3 is 0 Å². The Labute approximate surface area is 182 Å². The monoisotopic (exact) mass is 507 g/mol. The minimum absolute atomic E-state index is 0. The van der Waals surface area contributed by atoms with Crippen LogP contribution >= 0.6 is 35.3 Å². The Balaban J connectivity index is 0.00000364. The van der Waals surface area contributed by atoms with Gasteiger partial charge in [0, 0.05) is 32.7 Å². The number of hydrogen-bond donors (Lipinski definition) is 2. The number of nitrogens with one attached hydrogen (secondary N) is 2. The van der Waals surface area contributed by atoms with Crippen LogP contribution in [0.5, 0.6) is 0 Å². The molecule has 0 bridgehead atoms. The molecular formula is C17H30IN7OS. The fraction of sp³-hybridized carbons (Fsp3) is 0.647. The summed E-state index contributed by atoms with van der Waals surface area (Å²) >= 11 is 1.67. The Morgan fingerprint density at radius 1 is 1.33 bits per heavy atom. The minimum Gasteiger partial charge on any atom is -0.385 e. The number of ether oxygens (including phenoxy) is 1. The van der Waals surface area contributed by atoms with Gasteiger partial charge in [0.2, 0.25) is 0 Å². The van der Waals surface area contributed by atoms with Crippen molar-refractivity contribution in [3.63, 3.8) is 0 Å². The third-order valence-corrected chi connectivity index (χ3v) is 4.81. The van der Waals surface area contributed by atoms with Crippen LogP contribution in [0.4, 0.5) is 0 Å². The quantitative estimate of drug-likeness (QED) is 0.235. The predicted molar refractivity (Wildman–Crippen MR) is 120 cm³/mol. The van der Waals surface area contributed by atoms with E-state index >= 15 is 0 Å². The van der Waals surface area contributed by atoms with Gasteiger partial charge in [-0.05, 0) is 19.3 Å². The summed E-state index contributed by atoms with van der Waals surface area (Å²) in [6, 6.07) is 0. The van der Waals surface area contributed by atoms with Gasteiger partial charge in [0.05, 0.1) is 12.2 Å². The summed E-state index contributed by atoms with van der Waals surface area (Å²) in [7, 11) is 3.65. The molecule has 27 heavy (non-hydrogen) atoms. The smallest absolute Gasteiger partial charge is 0.192 e. The molecule has 0 fully saturated rings. The molecule has 2 rings (SSSR count). The molecule has 0 aromatic carbocycles. The lowest BCUT2D eigenvalue weighted by Crippen LogP contribution is -2.37. The molecule has 0 amide bonds. The Bertz CT molecular complexity index is 714. The molecule has 0 atom stereocenters. The van der Waals surface area contributed by atoms with Crippen molar-refractivity contribution >= 4 is 41.3 Å². The van der Waals surface area contributed by atoms with Crippen molar-refractivity contribution in [2.75, 3.05) is 20.3 Å². The lowest BCUT2D eigenvalue weighted by molar-refractivity contribution is 0.195. The van der Waals surface area contributed by atoms with Gasteiger partial charge in [-0.3, -0.25) is 0 Å². The van der Waals surface area contributed by atoms with E-state index in [9.17, 15) is 0 Å². The topological polar surface area (TPSA) is 89.2 Å². The number of aliphatic imine (C=N–C) groups is 1. The standard InChI is InChI=1S/C17H29N7OS.HI/c1-12(2)14-11-26-16(21-14)10-20-17(18-7-6-8-25-5)19-9-15-23-22-13(3)24(15)4;/h11-12H,6-10H2,1-5H3,(H2,18,19,20);1H. The van der Waals surface area contributed by atoms with E-state index in [1.165, 1.54) is 0 Å². The molecular weight excluding hydrogens is 477 g/mol. The second-order valence-corrected chi connectivity index (χ2v) is 7.28. The van der Waals surface area contributed by atoms with Crippen molar-refractivity contribution in [2.24, 2.45) is 12.0 Å². The van der Waals surface area contributed by atoms with Crippen LogP contribution in [0.3, 0.4) is 0 Å². The maximum Gasteiger partial charge on any atom is 0.192 e. The number of aryl methyl sites for hydroxylation is 1. The highest BCUT2D eigenvalue weighted by atomic mass is 127. The Morgan fingerprint density at radius 3 is 2.70 bits per heavy atom. The summed E-state index contributed by atoms with van der Waals surface area (Å²) in [6.07, 6.45) is 0.912. The second kappa shape index (κ2) is 12.2.